The average Bonchev–Trinajstić information content (AvgIpc) is 2.66. The maximum Gasteiger partial charge on any atom is 0.0949 e. The third-order valence-electron chi connectivity index (χ3n) is 2.43. The summed E-state index contributed by atoms with van der Waals surface area (Å²) in [5, 5.41) is 18.0. The fourth-order valence-corrected chi connectivity index (χ4v) is 1.57. The standard InChI is InChI=1S/C11H20N2O2/c1-2-3-11(12)9-4-5-13(6-9)7-10(15)8-14/h4-6,10-11,14-15H,2-3,7-8,12H2,1H3. The van der Waals surface area contributed by atoms with Crippen molar-refractivity contribution >= 4 is 0 Å². The number of rotatable bonds is 6. The van der Waals surface area contributed by atoms with Gasteiger partial charge in [-0.2, -0.15) is 0 Å². The smallest absolute Gasteiger partial charge is 0.0949 e. The van der Waals surface area contributed by atoms with E-state index in [1.165, 1.54) is 0 Å². The molecule has 0 aliphatic carbocycles. The van der Waals surface area contributed by atoms with Crippen LogP contribution in [0.5, 0.6) is 0 Å². The fourth-order valence-electron chi connectivity index (χ4n) is 1.57. The molecule has 4 nitrogen and oxygen atoms in total. The third-order valence-corrected chi connectivity index (χ3v) is 2.43. The van der Waals surface area contributed by atoms with Gasteiger partial charge in [-0.15, -0.1) is 0 Å². The average molecular weight is 212 g/mol. The van der Waals surface area contributed by atoms with Gasteiger partial charge >= 0.3 is 0 Å². The van der Waals surface area contributed by atoms with Gasteiger partial charge in [-0.3, -0.25) is 0 Å². The molecular formula is C11H20N2O2. The molecule has 15 heavy (non-hydrogen) atoms. The number of hydrogen-bond donors (Lipinski definition) is 3. The Morgan fingerprint density at radius 3 is 2.87 bits per heavy atom. The van der Waals surface area contributed by atoms with Crippen molar-refractivity contribution in [2.45, 2.75) is 38.5 Å². The molecule has 86 valence electrons. The summed E-state index contributed by atoms with van der Waals surface area (Å²) in [6.45, 7) is 2.30. The van der Waals surface area contributed by atoms with Gasteiger partial charge in [-0.25, -0.2) is 0 Å². The first-order valence-electron chi connectivity index (χ1n) is 5.37. The van der Waals surface area contributed by atoms with Gasteiger partial charge in [0, 0.05) is 18.4 Å². The highest BCUT2D eigenvalue weighted by Crippen LogP contribution is 2.15. The Hall–Kier alpha value is -0.840. The van der Waals surface area contributed by atoms with E-state index in [4.69, 9.17) is 10.8 Å². The van der Waals surface area contributed by atoms with Crippen LogP contribution in [0.1, 0.15) is 31.4 Å². The van der Waals surface area contributed by atoms with Gasteiger partial charge < -0.3 is 20.5 Å². The molecule has 2 atom stereocenters. The lowest BCUT2D eigenvalue weighted by Gasteiger charge is -2.09. The molecule has 0 radical (unpaired) electrons. The number of hydrogen-bond acceptors (Lipinski definition) is 3. The quantitative estimate of drug-likeness (QED) is 0.648. The molecule has 0 aliphatic heterocycles. The minimum absolute atomic E-state index is 0.0718. The Labute approximate surface area is 90.3 Å². The van der Waals surface area contributed by atoms with E-state index in [0.29, 0.717) is 6.54 Å². The predicted molar refractivity (Wildman–Crippen MR) is 59.4 cm³/mol. The third kappa shape index (κ3) is 3.66. The molecule has 4 N–H and O–H groups in total. The monoisotopic (exact) mass is 212 g/mol. The van der Waals surface area contributed by atoms with Gasteiger partial charge in [0.1, 0.15) is 0 Å². The van der Waals surface area contributed by atoms with E-state index in [0.717, 1.165) is 18.4 Å². The lowest BCUT2D eigenvalue weighted by molar-refractivity contribution is 0.0813. The Kier molecular flexibility index (Phi) is 4.81. The Balaban J connectivity index is 2.55. The SMILES string of the molecule is CCCC(N)c1ccn(CC(O)CO)c1. The number of aliphatic hydroxyl groups is 2. The highest BCUT2D eigenvalue weighted by atomic mass is 16.3. The molecule has 2 unspecified atom stereocenters. The van der Waals surface area contributed by atoms with Crippen molar-refractivity contribution in [3.63, 3.8) is 0 Å². The molecule has 0 aliphatic rings. The van der Waals surface area contributed by atoms with E-state index in [2.05, 4.69) is 6.92 Å². The van der Waals surface area contributed by atoms with Gasteiger partial charge in [0.2, 0.25) is 0 Å². The zero-order valence-corrected chi connectivity index (χ0v) is 9.13. The van der Waals surface area contributed by atoms with E-state index in [1.807, 2.05) is 23.0 Å². The number of nitrogens with two attached hydrogens (primary N) is 1. The number of aromatic nitrogens is 1. The van der Waals surface area contributed by atoms with Crippen LogP contribution in [0.3, 0.4) is 0 Å². The van der Waals surface area contributed by atoms with Crippen LogP contribution in [0, 0.1) is 0 Å². The molecular weight excluding hydrogens is 192 g/mol. The normalized spacial score (nSPS) is 15.2. The highest BCUT2D eigenvalue weighted by Gasteiger charge is 2.08. The van der Waals surface area contributed by atoms with Crippen molar-refractivity contribution in [1.82, 2.24) is 4.57 Å². The van der Waals surface area contributed by atoms with Crippen LogP contribution in [-0.4, -0.2) is 27.5 Å². The second kappa shape index (κ2) is 5.90. The van der Waals surface area contributed by atoms with Crippen LogP contribution in [0.2, 0.25) is 0 Å². The lowest BCUT2D eigenvalue weighted by atomic mass is 10.1. The van der Waals surface area contributed by atoms with E-state index in [-0.39, 0.29) is 12.6 Å². The lowest BCUT2D eigenvalue weighted by Crippen LogP contribution is -2.19. The minimum Gasteiger partial charge on any atom is -0.394 e. The van der Waals surface area contributed by atoms with Crippen molar-refractivity contribution in [2.75, 3.05) is 6.61 Å². The molecule has 0 saturated heterocycles. The van der Waals surface area contributed by atoms with Gasteiger partial charge in [-0.1, -0.05) is 13.3 Å². The maximum absolute atomic E-state index is 9.26. The Morgan fingerprint density at radius 1 is 1.53 bits per heavy atom. The molecule has 0 saturated carbocycles. The topological polar surface area (TPSA) is 71.4 Å². The summed E-state index contributed by atoms with van der Waals surface area (Å²) in [6.07, 6.45) is 5.13. The first-order chi connectivity index (χ1) is 7.17. The molecule has 4 heteroatoms. The summed E-state index contributed by atoms with van der Waals surface area (Å²) in [4.78, 5) is 0. The van der Waals surface area contributed by atoms with Gasteiger partial charge in [-0.05, 0) is 18.1 Å². The first-order valence-corrected chi connectivity index (χ1v) is 5.37. The summed E-state index contributed by atoms with van der Waals surface area (Å²) in [6, 6.07) is 2.03. The van der Waals surface area contributed by atoms with Crippen LogP contribution in [0.25, 0.3) is 0 Å². The van der Waals surface area contributed by atoms with Gasteiger partial charge in [0.15, 0.2) is 0 Å². The minimum atomic E-state index is -0.701. The van der Waals surface area contributed by atoms with Crippen molar-refractivity contribution in [3.05, 3.63) is 24.0 Å². The first kappa shape index (κ1) is 12.2. The summed E-state index contributed by atoms with van der Waals surface area (Å²) in [7, 11) is 0. The molecule has 1 rings (SSSR count). The fraction of sp³-hybridized carbons (Fsp3) is 0.636. The van der Waals surface area contributed by atoms with Crippen LogP contribution in [-0.2, 0) is 6.54 Å². The van der Waals surface area contributed by atoms with E-state index in [1.54, 1.807) is 0 Å². The summed E-state index contributed by atoms with van der Waals surface area (Å²) in [5.41, 5.74) is 7.04. The van der Waals surface area contributed by atoms with Crippen molar-refractivity contribution < 1.29 is 10.2 Å². The highest BCUT2D eigenvalue weighted by molar-refractivity contribution is 5.14. The largest absolute Gasteiger partial charge is 0.394 e. The zero-order chi connectivity index (χ0) is 11.3. The van der Waals surface area contributed by atoms with Crippen molar-refractivity contribution in [2.24, 2.45) is 5.73 Å². The predicted octanol–water partition coefficient (Wildman–Crippen LogP) is 0.641. The van der Waals surface area contributed by atoms with Gasteiger partial charge in [0.25, 0.3) is 0 Å². The summed E-state index contributed by atoms with van der Waals surface area (Å²) >= 11 is 0. The van der Waals surface area contributed by atoms with E-state index >= 15 is 0 Å². The summed E-state index contributed by atoms with van der Waals surface area (Å²) in [5.74, 6) is 0. The maximum atomic E-state index is 9.26. The van der Waals surface area contributed by atoms with Crippen molar-refractivity contribution in [1.29, 1.82) is 0 Å². The molecule has 0 aromatic carbocycles. The number of aliphatic hydroxyl groups excluding tert-OH is 2. The van der Waals surface area contributed by atoms with E-state index < -0.39 is 6.10 Å². The molecule has 0 bridgehead atoms. The zero-order valence-electron chi connectivity index (χ0n) is 9.13. The number of nitrogens with zero attached hydrogens (tertiary/aromatic N) is 1. The van der Waals surface area contributed by atoms with Crippen LogP contribution in [0.15, 0.2) is 18.5 Å². The molecule has 0 amide bonds. The van der Waals surface area contributed by atoms with Gasteiger partial charge in [0.05, 0.1) is 19.3 Å². The second-order valence-corrected chi connectivity index (χ2v) is 3.87. The van der Waals surface area contributed by atoms with Crippen LogP contribution >= 0.6 is 0 Å². The van der Waals surface area contributed by atoms with Crippen LogP contribution in [0.4, 0.5) is 0 Å². The second-order valence-electron chi connectivity index (χ2n) is 3.87. The van der Waals surface area contributed by atoms with E-state index in [9.17, 15) is 5.11 Å². The molecule has 0 fully saturated rings. The van der Waals surface area contributed by atoms with Crippen molar-refractivity contribution in [3.8, 4) is 0 Å². The molecule has 0 spiro atoms. The molecule has 1 aromatic heterocycles. The van der Waals surface area contributed by atoms with Crippen LogP contribution < -0.4 is 5.73 Å². The summed E-state index contributed by atoms with van der Waals surface area (Å²) < 4.78 is 1.85. The Bertz CT molecular complexity index is 286. The Morgan fingerprint density at radius 2 is 2.27 bits per heavy atom. The molecule has 1 aromatic rings. The molecule has 1 heterocycles.